The largest absolute Gasteiger partial charge is 0.383 e. The summed E-state index contributed by atoms with van der Waals surface area (Å²) in [6, 6.07) is 33.1. The van der Waals surface area contributed by atoms with Crippen LogP contribution in [0.5, 0.6) is 0 Å². The fourth-order valence-electron chi connectivity index (χ4n) is 5.61. The molecule has 0 bridgehead atoms. The molecule has 1 amide bonds. The zero-order valence-electron chi connectivity index (χ0n) is 24.2. The number of hydrazine groups is 1. The standard InChI is InChI=1S/C34H30N10O/c35-30(41-42-37)23-8-10-24(11-9-23)34(45)43-19-25(20-43)21-12-14-26(15-13-21)44-32(27-7-4-18-38-31(27)36)40-29-17-16-28(39-33(29)44)22-5-2-1-3-6-22/h1-18,25,42H,19-20,37H2,(H2,35,41)(H2,36,38). The second kappa shape index (κ2) is 11.5. The SMILES string of the molecule is NN/N=C(\N)c1ccc(C(=O)N2CC(c3ccc(-n4c(-c5cccnc5N)nc5ccc(-c6ccccc6)nc54)cc3)C2)cc1. The first-order valence-corrected chi connectivity index (χ1v) is 14.4. The number of anilines is 1. The first-order valence-electron chi connectivity index (χ1n) is 14.4. The number of pyridine rings is 2. The normalized spacial score (nSPS) is 13.5. The van der Waals surface area contributed by atoms with Crippen molar-refractivity contribution in [3.8, 4) is 28.3 Å². The van der Waals surface area contributed by atoms with Crippen LogP contribution in [0, 0.1) is 0 Å². The Kier molecular flexibility index (Phi) is 7.12. The third-order valence-electron chi connectivity index (χ3n) is 8.06. The minimum atomic E-state index is -0.0224. The first kappa shape index (κ1) is 27.7. The fraction of sp³-hybridized carbons (Fsp3) is 0.0882. The Morgan fingerprint density at radius 1 is 0.844 bits per heavy atom. The van der Waals surface area contributed by atoms with Gasteiger partial charge in [-0.1, -0.05) is 54.6 Å². The quantitative estimate of drug-likeness (QED) is 0.0930. The molecule has 4 heterocycles. The van der Waals surface area contributed by atoms with E-state index in [1.54, 1.807) is 30.5 Å². The van der Waals surface area contributed by atoms with E-state index in [1.807, 2.05) is 64.1 Å². The van der Waals surface area contributed by atoms with Crippen molar-refractivity contribution in [3.05, 3.63) is 126 Å². The average molecular weight is 595 g/mol. The van der Waals surface area contributed by atoms with Gasteiger partial charge in [-0.15, -0.1) is 5.10 Å². The second-order valence-corrected chi connectivity index (χ2v) is 10.8. The Hall–Kier alpha value is -6.07. The molecule has 1 fully saturated rings. The number of hydrazone groups is 1. The molecule has 0 saturated carbocycles. The molecule has 7 rings (SSSR count). The number of nitrogen functional groups attached to an aromatic ring is 1. The number of fused-ring (bicyclic) bond motifs is 1. The smallest absolute Gasteiger partial charge is 0.253 e. The molecule has 1 aliphatic rings. The lowest BCUT2D eigenvalue weighted by atomic mass is 9.90. The molecule has 3 aromatic heterocycles. The van der Waals surface area contributed by atoms with Gasteiger partial charge in [0.1, 0.15) is 11.3 Å². The lowest BCUT2D eigenvalue weighted by molar-refractivity contribution is 0.0602. The zero-order valence-corrected chi connectivity index (χ0v) is 24.2. The van der Waals surface area contributed by atoms with Crippen LogP contribution in [0.4, 0.5) is 5.82 Å². The monoisotopic (exact) mass is 594 g/mol. The van der Waals surface area contributed by atoms with Crippen LogP contribution in [0.3, 0.4) is 0 Å². The summed E-state index contributed by atoms with van der Waals surface area (Å²) in [5, 5.41) is 3.76. The topological polar surface area (TPSA) is 166 Å². The van der Waals surface area contributed by atoms with Gasteiger partial charge in [0, 0.05) is 47.6 Å². The molecule has 222 valence electrons. The molecular weight excluding hydrogens is 564 g/mol. The number of amidine groups is 1. The summed E-state index contributed by atoms with van der Waals surface area (Å²) in [6.45, 7) is 1.27. The molecule has 1 saturated heterocycles. The Bertz CT molecular complexity index is 2030. The molecule has 0 aliphatic carbocycles. The van der Waals surface area contributed by atoms with E-state index < -0.39 is 0 Å². The molecule has 3 aromatic carbocycles. The second-order valence-electron chi connectivity index (χ2n) is 10.8. The Labute approximate surface area is 259 Å². The number of hydrogen-bond donors (Lipinski definition) is 4. The van der Waals surface area contributed by atoms with E-state index in [4.69, 9.17) is 27.3 Å². The van der Waals surface area contributed by atoms with E-state index in [-0.39, 0.29) is 17.7 Å². The van der Waals surface area contributed by atoms with E-state index in [0.717, 1.165) is 39.2 Å². The zero-order chi connectivity index (χ0) is 30.9. The van der Waals surface area contributed by atoms with Crippen LogP contribution < -0.4 is 22.8 Å². The number of aromatic nitrogens is 4. The number of rotatable bonds is 7. The fourth-order valence-corrected chi connectivity index (χ4v) is 5.61. The highest BCUT2D eigenvalue weighted by Crippen LogP contribution is 2.33. The van der Waals surface area contributed by atoms with E-state index in [2.05, 4.69) is 39.9 Å². The van der Waals surface area contributed by atoms with E-state index in [9.17, 15) is 4.79 Å². The number of nitrogens with two attached hydrogens (primary N) is 3. The number of carbonyl (C=O) groups is 1. The van der Waals surface area contributed by atoms with E-state index >= 15 is 0 Å². The van der Waals surface area contributed by atoms with Crippen molar-refractivity contribution >= 4 is 28.7 Å². The van der Waals surface area contributed by atoms with Crippen molar-refractivity contribution in [3.63, 3.8) is 0 Å². The summed E-state index contributed by atoms with van der Waals surface area (Å²) < 4.78 is 2.03. The van der Waals surface area contributed by atoms with Gasteiger partial charge in [-0.05, 0) is 54.1 Å². The molecule has 45 heavy (non-hydrogen) atoms. The highest BCUT2D eigenvalue weighted by Gasteiger charge is 2.32. The van der Waals surface area contributed by atoms with E-state index in [0.29, 0.717) is 35.9 Å². The van der Waals surface area contributed by atoms with E-state index in [1.165, 1.54) is 0 Å². The molecule has 0 unspecified atom stereocenters. The van der Waals surface area contributed by atoms with Gasteiger partial charge in [-0.2, -0.15) is 0 Å². The van der Waals surface area contributed by atoms with Crippen LogP contribution in [0.15, 0.2) is 114 Å². The molecule has 1 aliphatic heterocycles. The van der Waals surface area contributed by atoms with Gasteiger partial charge in [0.25, 0.3) is 5.91 Å². The third kappa shape index (κ3) is 5.21. The lowest BCUT2D eigenvalue weighted by Crippen LogP contribution is -2.48. The number of likely N-dealkylation sites (tertiary alicyclic amines) is 1. The molecule has 0 radical (unpaired) electrons. The van der Waals surface area contributed by atoms with Crippen LogP contribution in [0.25, 0.3) is 39.5 Å². The van der Waals surface area contributed by atoms with Gasteiger partial charge in [-0.3, -0.25) is 9.36 Å². The van der Waals surface area contributed by atoms with Gasteiger partial charge >= 0.3 is 0 Å². The summed E-state index contributed by atoms with van der Waals surface area (Å²) in [5.74, 6) is 6.71. The Morgan fingerprint density at radius 3 is 2.29 bits per heavy atom. The minimum absolute atomic E-state index is 0.0224. The Morgan fingerprint density at radius 2 is 1.58 bits per heavy atom. The van der Waals surface area contributed by atoms with Crippen LogP contribution in [0.1, 0.15) is 27.4 Å². The first-order chi connectivity index (χ1) is 22.0. The number of carbonyl (C=O) groups excluding carboxylic acids is 1. The average Bonchev–Trinajstić information content (AvgIpc) is 3.44. The number of benzene rings is 3. The Balaban J connectivity index is 1.16. The summed E-state index contributed by atoms with van der Waals surface area (Å²) in [6.07, 6.45) is 1.67. The summed E-state index contributed by atoms with van der Waals surface area (Å²) in [5.41, 5.74) is 21.7. The van der Waals surface area contributed by atoms with Crippen molar-refractivity contribution in [2.24, 2.45) is 16.7 Å². The number of amides is 1. The van der Waals surface area contributed by atoms with Crippen LogP contribution in [-0.4, -0.2) is 49.3 Å². The van der Waals surface area contributed by atoms with Crippen LogP contribution in [-0.2, 0) is 0 Å². The maximum absolute atomic E-state index is 13.1. The molecule has 6 aromatic rings. The van der Waals surface area contributed by atoms with Crippen molar-refractivity contribution in [1.29, 1.82) is 0 Å². The lowest BCUT2D eigenvalue weighted by Gasteiger charge is -2.39. The van der Waals surface area contributed by atoms with Gasteiger partial charge in [0.05, 0.1) is 11.3 Å². The molecule has 11 nitrogen and oxygen atoms in total. The van der Waals surface area contributed by atoms with Gasteiger partial charge in [0.2, 0.25) is 0 Å². The number of hydrogen-bond acceptors (Lipinski definition) is 8. The summed E-state index contributed by atoms with van der Waals surface area (Å²) in [7, 11) is 0. The minimum Gasteiger partial charge on any atom is -0.383 e. The van der Waals surface area contributed by atoms with Crippen LogP contribution >= 0.6 is 0 Å². The van der Waals surface area contributed by atoms with Crippen molar-refractivity contribution < 1.29 is 4.79 Å². The predicted molar refractivity (Wildman–Crippen MR) is 175 cm³/mol. The van der Waals surface area contributed by atoms with Crippen molar-refractivity contribution in [1.82, 2.24) is 30.0 Å². The maximum Gasteiger partial charge on any atom is 0.253 e. The van der Waals surface area contributed by atoms with Gasteiger partial charge in [-0.25, -0.2) is 26.3 Å². The summed E-state index contributed by atoms with van der Waals surface area (Å²) in [4.78, 5) is 29.2. The molecule has 0 spiro atoms. The van der Waals surface area contributed by atoms with Crippen molar-refractivity contribution in [2.45, 2.75) is 5.92 Å². The molecule has 0 atom stereocenters. The number of imidazole rings is 1. The number of nitrogens with one attached hydrogen (secondary N) is 1. The highest BCUT2D eigenvalue weighted by molar-refractivity contribution is 5.99. The summed E-state index contributed by atoms with van der Waals surface area (Å²) >= 11 is 0. The molecular formula is C34H30N10O. The van der Waals surface area contributed by atoms with Gasteiger partial charge < -0.3 is 16.4 Å². The molecule has 7 N–H and O–H groups in total. The number of nitrogens with zero attached hydrogens (tertiary/aromatic N) is 6. The predicted octanol–water partition coefficient (Wildman–Crippen LogP) is 4.05. The van der Waals surface area contributed by atoms with Crippen molar-refractivity contribution in [2.75, 3.05) is 18.8 Å². The maximum atomic E-state index is 13.1. The molecule has 11 heteroatoms. The van der Waals surface area contributed by atoms with Gasteiger partial charge in [0.15, 0.2) is 17.3 Å². The highest BCUT2D eigenvalue weighted by atomic mass is 16.2. The third-order valence-corrected chi connectivity index (χ3v) is 8.06. The van der Waals surface area contributed by atoms with Crippen LogP contribution in [0.2, 0.25) is 0 Å².